The zero-order valence-corrected chi connectivity index (χ0v) is 15.5. The van der Waals surface area contributed by atoms with Gasteiger partial charge in [-0.2, -0.15) is 0 Å². The van der Waals surface area contributed by atoms with Crippen LogP contribution in [0.2, 0.25) is 10.0 Å². The first-order valence-electron chi connectivity index (χ1n) is 7.78. The monoisotopic (exact) mass is 391 g/mol. The fourth-order valence-electron chi connectivity index (χ4n) is 2.75. The number of benzene rings is 2. The molecule has 0 radical (unpaired) electrons. The molecule has 8 heteroatoms. The molecule has 0 aliphatic rings. The third kappa shape index (κ3) is 3.25. The van der Waals surface area contributed by atoms with Crippen LogP contribution in [0.25, 0.3) is 10.9 Å². The number of carbonyl (C=O) groups excluding carboxylic acids is 1. The third-order valence-corrected chi connectivity index (χ3v) is 5.00. The summed E-state index contributed by atoms with van der Waals surface area (Å²) < 4.78 is 0. The Kier molecular flexibility index (Phi) is 4.89. The first kappa shape index (κ1) is 18.2. The van der Waals surface area contributed by atoms with E-state index in [4.69, 9.17) is 23.2 Å². The lowest BCUT2D eigenvalue weighted by Gasteiger charge is -2.25. The molecule has 1 atom stereocenters. The zero-order valence-electron chi connectivity index (χ0n) is 14.0. The Bertz CT molecular complexity index is 1020. The van der Waals surface area contributed by atoms with Crippen molar-refractivity contribution in [1.82, 2.24) is 9.88 Å². The van der Waals surface area contributed by atoms with Gasteiger partial charge in [-0.25, -0.2) is 0 Å². The van der Waals surface area contributed by atoms with E-state index in [1.165, 1.54) is 17.0 Å². The largest absolute Gasteiger partial charge is 0.349 e. The number of halogens is 2. The molecular formula is C18H15Cl2N3O3. The number of non-ortho nitro benzene ring substituents is 1. The van der Waals surface area contributed by atoms with E-state index >= 15 is 0 Å². The molecule has 1 unspecified atom stereocenters. The van der Waals surface area contributed by atoms with Crippen LogP contribution in [0.15, 0.2) is 42.5 Å². The van der Waals surface area contributed by atoms with Gasteiger partial charge in [0.15, 0.2) is 0 Å². The number of nitrogens with zero attached hydrogens (tertiary/aromatic N) is 2. The van der Waals surface area contributed by atoms with E-state index in [0.717, 1.165) is 0 Å². The first-order chi connectivity index (χ1) is 12.3. The van der Waals surface area contributed by atoms with Crippen molar-refractivity contribution in [2.75, 3.05) is 7.05 Å². The number of H-pyrrole nitrogens is 1. The third-order valence-electron chi connectivity index (χ3n) is 4.38. The fraction of sp³-hybridized carbons (Fsp3) is 0.167. The molecule has 0 bridgehead atoms. The van der Waals surface area contributed by atoms with Crippen molar-refractivity contribution in [2.45, 2.75) is 13.0 Å². The molecule has 26 heavy (non-hydrogen) atoms. The number of fused-ring (bicyclic) bond motifs is 1. The van der Waals surface area contributed by atoms with Crippen molar-refractivity contribution in [1.29, 1.82) is 0 Å². The van der Waals surface area contributed by atoms with Crippen molar-refractivity contribution in [3.05, 3.63) is 73.9 Å². The van der Waals surface area contributed by atoms with E-state index in [1.54, 1.807) is 44.3 Å². The summed E-state index contributed by atoms with van der Waals surface area (Å²) in [5.41, 5.74) is 1.60. The summed E-state index contributed by atoms with van der Waals surface area (Å²) in [6.07, 6.45) is 0. The van der Waals surface area contributed by atoms with Gasteiger partial charge in [-0.15, -0.1) is 0 Å². The average molecular weight is 392 g/mol. The van der Waals surface area contributed by atoms with E-state index < -0.39 is 4.92 Å². The van der Waals surface area contributed by atoms with Gasteiger partial charge >= 0.3 is 0 Å². The highest BCUT2D eigenvalue weighted by atomic mass is 35.5. The van der Waals surface area contributed by atoms with Crippen molar-refractivity contribution >= 4 is 45.7 Å². The van der Waals surface area contributed by atoms with E-state index in [1.807, 2.05) is 0 Å². The molecule has 134 valence electrons. The van der Waals surface area contributed by atoms with Gasteiger partial charge in [0.1, 0.15) is 5.69 Å². The predicted molar refractivity (Wildman–Crippen MR) is 102 cm³/mol. The predicted octanol–water partition coefficient (Wildman–Crippen LogP) is 5.22. The van der Waals surface area contributed by atoms with Gasteiger partial charge in [-0.3, -0.25) is 14.9 Å². The lowest BCUT2D eigenvalue weighted by molar-refractivity contribution is -0.384. The molecule has 0 saturated carbocycles. The maximum atomic E-state index is 12.9. The molecule has 1 amide bonds. The second kappa shape index (κ2) is 6.97. The zero-order chi connectivity index (χ0) is 19.0. The normalized spacial score (nSPS) is 12.2. The lowest BCUT2D eigenvalue weighted by atomic mass is 10.1. The Morgan fingerprint density at radius 1 is 1.23 bits per heavy atom. The Morgan fingerprint density at radius 2 is 1.96 bits per heavy atom. The van der Waals surface area contributed by atoms with Gasteiger partial charge in [0.25, 0.3) is 11.6 Å². The molecule has 6 nitrogen and oxygen atoms in total. The van der Waals surface area contributed by atoms with Crippen LogP contribution in [0.1, 0.15) is 29.0 Å². The van der Waals surface area contributed by atoms with E-state index in [9.17, 15) is 14.9 Å². The number of rotatable bonds is 4. The van der Waals surface area contributed by atoms with Gasteiger partial charge in [0.05, 0.1) is 16.0 Å². The highest BCUT2D eigenvalue weighted by Crippen LogP contribution is 2.32. The van der Waals surface area contributed by atoms with Crippen LogP contribution in [0.5, 0.6) is 0 Å². The molecule has 0 aliphatic heterocycles. The number of aromatic amines is 1. The summed E-state index contributed by atoms with van der Waals surface area (Å²) in [5, 5.41) is 12.5. The van der Waals surface area contributed by atoms with Crippen molar-refractivity contribution in [2.24, 2.45) is 0 Å². The van der Waals surface area contributed by atoms with Gasteiger partial charge < -0.3 is 9.88 Å². The molecular weight excluding hydrogens is 377 g/mol. The van der Waals surface area contributed by atoms with Crippen molar-refractivity contribution < 1.29 is 9.72 Å². The van der Waals surface area contributed by atoms with Gasteiger partial charge in [0.2, 0.25) is 0 Å². The minimum Gasteiger partial charge on any atom is -0.349 e. The van der Waals surface area contributed by atoms with Crippen LogP contribution in [-0.4, -0.2) is 27.8 Å². The minimum absolute atomic E-state index is 0.0199. The van der Waals surface area contributed by atoms with Gasteiger partial charge in [0, 0.05) is 35.1 Å². The van der Waals surface area contributed by atoms with Gasteiger partial charge in [-0.1, -0.05) is 35.3 Å². The highest BCUT2D eigenvalue weighted by molar-refractivity contribution is 6.39. The van der Waals surface area contributed by atoms with Crippen LogP contribution in [0.4, 0.5) is 5.69 Å². The molecule has 0 spiro atoms. The number of nitro groups is 1. The minimum atomic E-state index is -0.462. The van der Waals surface area contributed by atoms with E-state index in [0.29, 0.717) is 26.5 Å². The van der Waals surface area contributed by atoms with Crippen molar-refractivity contribution in [3.63, 3.8) is 0 Å². The summed E-state index contributed by atoms with van der Waals surface area (Å²) in [6.45, 7) is 1.80. The van der Waals surface area contributed by atoms with Crippen LogP contribution >= 0.6 is 23.2 Å². The standard InChI is InChI=1S/C18H15Cl2N3O3/c1-10(11-4-3-5-13(8-11)23(25)26)22(2)18(24)17-16(20)14-9-12(19)6-7-15(14)21-17/h3-10,21H,1-2H3. The number of aromatic nitrogens is 1. The highest BCUT2D eigenvalue weighted by Gasteiger charge is 2.24. The molecule has 2 aromatic carbocycles. The Labute approximate surface area is 159 Å². The molecule has 0 saturated heterocycles. The maximum Gasteiger partial charge on any atom is 0.272 e. The number of amides is 1. The summed E-state index contributed by atoms with van der Waals surface area (Å²) in [7, 11) is 1.63. The summed E-state index contributed by atoms with van der Waals surface area (Å²) in [4.78, 5) is 27.9. The second-order valence-corrected chi connectivity index (χ2v) is 6.76. The Hall–Kier alpha value is -2.57. The molecule has 0 aliphatic carbocycles. The maximum absolute atomic E-state index is 12.9. The fourth-order valence-corrected chi connectivity index (χ4v) is 3.21. The summed E-state index contributed by atoms with van der Waals surface area (Å²) >= 11 is 12.3. The van der Waals surface area contributed by atoms with E-state index in [2.05, 4.69) is 4.98 Å². The Morgan fingerprint density at radius 3 is 2.65 bits per heavy atom. The molecule has 1 aromatic heterocycles. The topological polar surface area (TPSA) is 79.2 Å². The number of hydrogen-bond donors (Lipinski definition) is 1. The van der Waals surface area contributed by atoms with Crippen LogP contribution < -0.4 is 0 Å². The SMILES string of the molecule is CC(c1cccc([N+](=O)[O-])c1)N(C)C(=O)c1[nH]c2ccc(Cl)cc2c1Cl. The molecule has 0 fully saturated rings. The molecule has 3 rings (SSSR count). The molecule has 3 aromatic rings. The second-order valence-electron chi connectivity index (χ2n) is 5.95. The summed E-state index contributed by atoms with van der Waals surface area (Å²) in [5.74, 6) is -0.318. The smallest absolute Gasteiger partial charge is 0.272 e. The van der Waals surface area contributed by atoms with Crippen LogP contribution in [0, 0.1) is 10.1 Å². The van der Waals surface area contributed by atoms with Crippen LogP contribution in [0.3, 0.4) is 0 Å². The average Bonchev–Trinajstić information content (AvgIpc) is 2.96. The Balaban J connectivity index is 1.93. The number of hydrogen-bond acceptors (Lipinski definition) is 3. The van der Waals surface area contributed by atoms with E-state index in [-0.39, 0.29) is 23.3 Å². The number of nitrogens with one attached hydrogen (secondary N) is 1. The first-order valence-corrected chi connectivity index (χ1v) is 8.53. The quantitative estimate of drug-likeness (QED) is 0.489. The number of nitro benzene ring substituents is 1. The van der Waals surface area contributed by atoms with Gasteiger partial charge in [-0.05, 0) is 30.7 Å². The summed E-state index contributed by atoms with van der Waals surface area (Å²) in [6, 6.07) is 11.0. The molecule has 1 heterocycles. The number of carbonyl (C=O) groups is 1. The van der Waals surface area contributed by atoms with Crippen molar-refractivity contribution in [3.8, 4) is 0 Å². The lowest BCUT2D eigenvalue weighted by Crippen LogP contribution is -2.30. The molecule has 1 N–H and O–H groups in total. The van der Waals surface area contributed by atoms with Crippen LogP contribution in [-0.2, 0) is 0 Å².